The highest BCUT2D eigenvalue weighted by atomic mass is 35.5. The summed E-state index contributed by atoms with van der Waals surface area (Å²) in [4.78, 5) is 12.1. The van der Waals surface area contributed by atoms with Gasteiger partial charge in [0, 0.05) is 5.02 Å². The Morgan fingerprint density at radius 1 is 1.25 bits per heavy atom. The largest absolute Gasteiger partial charge is 0.345 e. The second kappa shape index (κ2) is 6.06. The molecule has 1 N–H and O–H groups in total. The molecule has 1 unspecified atom stereocenters. The van der Waals surface area contributed by atoms with Gasteiger partial charge >= 0.3 is 0 Å². The Labute approximate surface area is 122 Å². The summed E-state index contributed by atoms with van der Waals surface area (Å²) in [5.74, 6) is -1.05. The predicted octanol–water partition coefficient (Wildman–Crippen LogP) is 4.28. The van der Waals surface area contributed by atoms with Gasteiger partial charge < -0.3 is 5.32 Å². The molecule has 0 saturated heterocycles. The van der Waals surface area contributed by atoms with Gasteiger partial charge in [0.2, 0.25) is 0 Å². The molecule has 0 heterocycles. The van der Waals surface area contributed by atoms with E-state index in [1.807, 2.05) is 38.1 Å². The van der Waals surface area contributed by atoms with Crippen LogP contribution in [0.25, 0.3) is 0 Å². The molecule has 2 rings (SSSR count). The van der Waals surface area contributed by atoms with Gasteiger partial charge in [-0.2, -0.15) is 0 Å². The first kappa shape index (κ1) is 14.5. The highest BCUT2D eigenvalue weighted by Crippen LogP contribution is 2.19. The number of carbonyl (C=O) groups is 1. The Morgan fingerprint density at radius 3 is 2.65 bits per heavy atom. The third-order valence-corrected chi connectivity index (χ3v) is 3.41. The van der Waals surface area contributed by atoms with E-state index >= 15 is 0 Å². The molecule has 2 nitrogen and oxygen atoms in total. The fourth-order valence-electron chi connectivity index (χ4n) is 2.10. The van der Waals surface area contributed by atoms with Crippen molar-refractivity contribution in [1.29, 1.82) is 0 Å². The van der Waals surface area contributed by atoms with E-state index in [4.69, 9.17) is 11.6 Å². The van der Waals surface area contributed by atoms with Crippen LogP contribution in [0.4, 0.5) is 4.39 Å². The smallest absolute Gasteiger partial charge is 0.254 e. The summed E-state index contributed by atoms with van der Waals surface area (Å²) in [5, 5.41) is 3.12. The van der Waals surface area contributed by atoms with Crippen molar-refractivity contribution in [1.82, 2.24) is 5.32 Å². The van der Waals surface area contributed by atoms with Gasteiger partial charge in [-0.3, -0.25) is 4.79 Å². The summed E-state index contributed by atoms with van der Waals surface area (Å²) >= 11 is 5.79. The number of rotatable bonds is 3. The van der Waals surface area contributed by atoms with Gasteiger partial charge in [0.05, 0.1) is 11.6 Å². The first-order chi connectivity index (χ1) is 9.49. The molecule has 0 aromatic heterocycles. The molecule has 0 bridgehead atoms. The average Bonchev–Trinajstić information content (AvgIpc) is 2.41. The zero-order valence-electron chi connectivity index (χ0n) is 11.3. The molecule has 0 fully saturated rings. The quantitative estimate of drug-likeness (QED) is 0.898. The lowest BCUT2D eigenvalue weighted by atomic mass is 10.0. The van der Waals surface area contributed by atoms with Crippen molar-refractivity contribution >= 4 is 17.5 Å². The maximum absolute atomic E-state index is 13.6. The number of aryl methyl sites for hydroxylation is 1. The monoisotopic (exact) mass is 291 g/mol. The zero-order chi connectivity index (χ0) is 14.7. The molecule has 104 valence electrons. The van der Waals surface area contributed by atoms with Gasteiger partial charge in [-0.1, -0.05) is 35.9 Å². The Hall–Kier alpha value is -1.87. The molecule has 20 heavy (non-hydrogen) atoms. The van der Waals surface area contributed by atoms with E-state index < -0.39 is 11.7 Å². The zero-order valence-corrected chi connectivity index (χ0v) is 12.0. The van der Waals surface area contributed by atoms with Gasteiger partial charge in [-0.05, 0) is 43.2 Å². The van der Waals surface area contributed by atoms with Crippen LogP contribution in [0.1, 0.15) is 34.5 Å². The van der Waals surface area contributed by atoms with Gasteiger partial charge in [0.1, 0.15) is 5.82 Å². The van der Waals surface area contributed by atoms with E-state index in [1.54, 1.807) is 0 Å². The molecule has 4 heteroatoms. The van der Waals surface area contributed by atoms with E-state index in [9.17, 15) is 9.18 Å². The molecule has 0 aliphatic carbocycles. The minimum Gasteiger partial charge on any atom is -0.345 e. The predicted molar refractivity (Wildman–Crippen MR) is 78.5 cm³/mol. The van der Waals surface area contributed by atoms with Crippen LogP contribution >= 0.6 is 11.6 Å². The normalized spacial score (nSPS) is 12.0. The summed E-state index contributed by atoms with van der Waals surface area (Å²) in [7, 11) is 0. The molecule has 1 atom stereocenters. The highest BCUT2D eigenvalue weighted by Gasteiger charge is 2.16. The number of halogens is 2. The van der Waals surface area contributed by atoms with Crippen molar-refractivity contribution in [3.8, 4) is 0 Å². The first-order valence-corrected chi connectivity index (χ1v) is 6.68. The van der Waals surface area contributed by atoms with Crippen molar-refractivity contribution in [2.45, 2.75) is 19.9 Å². The van der Waals surface area contributed by atoms with Gasteiger partial charge in [-0.25, -0.2) is 4.39 Å². The summed E-state index contributed by atoms with van der Waals surface area (Å²) in [5.41, 5.74) is 2.04. The summed E-state index contributed by atoms with van der Waals surface area (Å²) in [6, 6.07) is 11.5. The fourth-order valence-corrected chi connectivity index (χ4v) is 2.27. The molecule has 2 aromatic carbocycles. The molecule has 2 aromatic rings. The highest BCUT2D eigenvalue weighted by molar-refractivity contribution is 6.31. The Morgan fingerprint density at radius 2 is 1.95 bits per heavy atom. The average molecular weight is 292 g/mol. The lowest BCUT2D eigenvalue weighted by Crippen LogP contribution is -2.27. The van der Waals surface area contributed by atoms with Crippen LogP contribution in [0, 0.1) is 12.7 Å². The number of amides is 1. The standard InChI is InChI=1S/C16H15ClFNO/c1-10-5-3-4-6-13(10)11(2)19-16(20)14-9-12(17)7-8-15(14)18/h3-9,11H,1-2H3,(H,19,20). The van der Waals surface area contributed by atoms with Crippen LogP contribution in [-0.4, -0.2) is 5.91 Å². The van der Waals surface area contributed by atoms with Crippen molar-refractivity contribution in [2.75, 3.05) is 0 Å². The molecule has 1 amide bonds. The molecule has 0 spiro atoms. The minimum atomic E-state index is -0.580. The van der Waals surface area contributed by atoms with Crippen LogP contribution in [-0.2, 0) is 0 Å². The number of nitrogens with one attached hydrogen (secondary N) is 1. The molecule has 0 aliphatic heterocycles. The van der Waals surface area contributed by atoms with Gasteiger partial charge in [-0.15, -0.1) is 0 Å². The second-order valence-electron chi connectivity index (χ2n) is 4.68. The van der Waals surface area contributed by atoms with E-state index in [2.05, 4.69) is 5.32 Å². The minimum absolute atomic E-state index is 0.0436. The van der Waals surface area contributed by atoms with E-state index in [1.165, 1.54) is 18.2 Å². The topological polar surface area (TPSA) is 29.1 Å². The fraction of sp³-hybridized carbons (Fsp3) is 0.188. The summed E-state index contributed by atoms with van der Waals surface area (Å²) in [6.07, 6.45) is 0. The van der Waals surface area contributed by atoms with Gasteiger partial charge in [0.15, 0.2) is 0 Å². The Kier molecular flexibility index (Phi) is 4.40. The molecular formula is C16H15ClFNO. The van der Waals surface area contributed by atoms with Crippen molar-refractivity contribution < 1.29 is 9.18 Å². The lowest BCUT2D eigenvalue weighted by Gasteiger charge is -2.16. The molecule has 0 aliphatic rings. The van der Waals surface area contributed by atoms with Crippen molar-refractivity contribution in [3.63, 3.8) is 0 Å². The number of hydrogen-bond donors (Lipinski definition) is 1. The number of benzene rings is 2. The number of carbonyl (C=O) groups excluding carboxylic acids is 1. The van der Waals surface area contributed by atoms with E-state index in [-0.39, 0.29) is 11.6 Å². The Bertz CT molecular complexity index is 642. The van der Waals surface area contributed by atoms with E-state index in [0.29, 0.717) is 5.02 Å². The van der Waals surface area contributed by atoms with Crippen LogP contribution in [0.15, 0.2) is 42.5 Å². The maximum Gasteiger partial charge on any atom is 0.254 e. The second-order valence-corrected chi connectivity index (χ2v) is 5.11. The van der Waals surface area contributed by atoms with Crippen LogP contribution < -0.4 is 5.32 Å². The molecule has 0 radical (unpaired) electrons. The Balaban J connectivity index is 2.20. The van der Waals surface area contributed by atoms with Crippen LogP contribution in [0.3, 0.4) is 0 Å². The summed E-state index contributed by atoms with van der Waals surface area (Å²) < 4.78 is 13.6. The van der Waals surface area contributed by atoms with Crippen LogP contribution in [0.5, 0.6) is 0 Å². The third kappa shape index (κ3) is 3.17. The van der Waals surface area contributed by atoms with E-state index in [0.717, 1.165) is 11.1 Å². The first-order valence-electron chi connectivity index (χ1n) is 6.30. The SMILES string of the molecule is Cc1ccccc1C(C)NC(=O)c1cc(Cl)ccc1F. The van der Waals surface area contributed by atoms with Crippen molar-refractivity contribution in [3.05, 3.63) is 70.0 Å². The number of hydrogen-bond acceptors (Lipinski definition) is 1. The maximum atomic E-state index is 13.6. The lowest BCUT2D eigenvalue weighted by molar-refractivity contribution is 0.0936. The third-order valence-electron chi connectivity index (χ3n) is 3.18. The molecule has 0 saturated carbocycles. The summed E-state index contributed by atoms with van der Waals surface area (Å²) in [6.45, 7) is 3.83. The van der Waals surface area contributed by atoms with Gasteiger partial charge in [0.25, 0.3) is 5.91 Å². The molecular weight excluding hydrogens is 277 g/mol. The van der Waals surface area contributed by atoms with Crippen LogP contribution in [0.2, 0.25) is 5.02 Å². The van der Waals surface area contributed by atoms with Crippen molar-refractivity contribution in [2.24, 2.45) is 0 Å².